The van der Waals surface area contributed by atoms with Crippen molar-refractivity contribution in [3.05, 3.63) is 11.9 Å². The highest BCUT2D eigenvalue weighted by Crippen LogP contribution is 2.19. The molecule has 2 heterocycles. The Kier molecular flexibility index (Phi) is 5.27. The minimum Gasteiger partial charge on any atom is -0.481 e. The summed E-state index contributed by atoms with van der Waals surface area (Å²) in [7, 11) is 0. The molecule has 5 nitrogen and oxygen atoms in total. The van der Waals surface area contributed by atoms with E-state index in [0.29, 0.717) is 0 Å². The van der Waals surface area contributed by atoms with Crippen LogP contribution in [-0.2, 0) is 11.3 Å². The molecule has 1 fully saturated rings. The minimum atomic E-state index is -0.797. The van der Waals surface area contributed by atoms with E-state index in [-0.39, 0.29) is 5.75 Å². The summed E-state index contributed by atoms with van der Waals surface area (Å²) >= 11 is 1.30. The Labute approximate surface area is 118 Å². The number of likely N-dealkylation sites (tertiary alicyclic amines) is 1. The largest absolute Gasteiger partial charge is 0.481 e. The Morgan fingerprint density at radius 3 is 2.84 bits per heavy atom. The van der Waals surface area contributed by atoms with Crippen LogP contribution in [0.4, 0.5) is 0 Å². The molecule has 0 radical (unpaired) electrons. The van der Waals surface area contributed by atoms with Crippen molar-refractivity contribution in [2.45, 2.75) is 37.9 Å². The Balaban J connectivity index is 1.83. The topological polar surface area (TPSA) is 58.4 Å². The van der Waals surface area contributed by atoms with Crippen molar-refractivity contribution in [2.75, 3.05) is 25.4 Å². The second-order valence-electron chi connectivity index (χ2n) is 4.92. The number of aryl methyl sites for hydroxylation is 1. The summed E-state index contributed by atoms with van der Waals surface area (Å²) in [4.78, 5) is 17.4. The molecule has 1 aliphatic heterocycles. The summed E-state index contributed by atoms with van der Waals surface area (Å²) in [5, 5.41) is 9.55. The third kappa shape index (κ3) is 4.24. The SMILES string of the molecule is Cc1cnc(SCC(=O)O)n1CCCN1CCCC1. The van der Waals surface area contributed by atoms with Crippen LogP contribution in [-0.4, -0.2) is 50.9 Å². The maximum Gasteiger partial charge on any atom is 0.313 e. The van der Waals surface area contributed by atoms with E-state index in [1.165, 1.54) is 37.7 Å². The molecule has 0 spiro atoms. The molecule has 1 saturated heterocycles. The van der Waals surface area contributed by atoms with Gasteiger partial charge in [0.1, 0.15) is 0 Å². The second-order valence-corrected chi connectivity index (χ2v) is 5.86. The molecular formula is C13H21N3O2S. The van der Waals surface area contributed by atoms with Gasteiger partial charge in [-0.05, 0) is 45.8 Å². The number of carboxylic acid groups (broad SMARTS) is 1. The molecule has 6 heteroatoms. The quantitative estimate of drug-likeness (QED) is 0.774. The molecule has 19 heavy (non-hydrogen) atoms. The number of thioether (sulfide) groups is 1. The lowest BCUT2D eigenvalue weighted by Gasteiger charge is -2.15. The molecule has 1 aliphatic rings. The number of hydrogen-bond acceptors (Lipinski definition) is 4. The summed E-state index contributed by atoms with van der Waals surface area (Å²) in [6, 6.07) is 0. The van der Waals surface area contributed by atoms with Crippen molar-refractivity contribution in [3.8, 4) is 0 Å². The van der Waals surface area contributed by atoms with Crippen LogP contribution in [0, 0.1) is 6.92 Å². The molecule has 0 aromatic carbocycles. The van der Waals surface area contributed by atoms with Gasteiger partial charge in [0.2, 0.25) is 0 Å². The monoisotopic (exact) mass is 283 g/mol. The van der Waals surface area contributed by atoms with Crippen LogP contribution in [0.15, 0.2) is 11.4 Å². The summed E-state index contributed by atoms with van der Waals surface area (Å²) < 4.78 is 2.13. The summed E-state index contributed by atoms with van der Waals surface area (Å²) in [5.74, 6) is -0.725. The average Bonchev–Trinajstić information content (AvgIpc) is 2.99. The maximum atomic E-state index is 10.6. The average molecular weight is 283 g/mol. The van der Waals surface area contributed by atoms with Crippen LogP contribution >= 0.6 is 11.8 Å². The van der Waals surface area contributed by atoms with E-state index >= 15 is 0 Å². The third-order valence-electron chi connectivity index (χ3n) is 3.40. The lowest BCUT2D eigenvalue weighted by molar-refractivity contribution is -0.133. The van der Waals surface area contributed by atoms with Crippen molar-refractivity contribution in [1.82, 2.24) is 14.5 Å². The first-order chi connectivity index (χ1) is 9.16. The number of carbonyl (C=O) groups is 1. The van der Waals surface area contributed by atoms with E-state index in [1.54, 1.807) is 0 Å². The Morgan fingerprint density at radius 1 is 1.42 bits per heavy atom. The van der Waals surface area contributed by atoms with E-state index in [2.05, 4.69) is 14.5 Å². The first-order valence-electron chi connectivity index (χ1n) is 6.76. The molecule has 2 rings (SSSR count). The predicted molar refractivity (Wildman–Crippen MR) is 75.6 cm³/mol. The standard InChI is InChI=1S/C13H21N3O2S/c1-11-9-14-13(19-10-12(17)18)16(11)8-4-7-15-5-2-3-6-15/h9H,2-8,10H2,1H3,(H,17,18). The highest BCUT2D eigenvalue weighted by atomic mass is 32.2. The van der Waals surface area contributed by atoms with Crippen LogP contribution < -0.4 is 0 Å². The fourth-order valence-electron chi connectivity index (χ4n) is 2.41. The Morgan fingerprint density at radius 2 is 2.16 bits per heavy atom. The molecule has 0 saturated carbocycles. The van der Waals surface area contributed by atoms with Gasteiger partial charge in [-0.1, -0.05) is 11.8 Å². The summed E-state index contributed by atoms with van der Waals surface area (Å²) in [6.45, 7) is 6.52. The van der Waals surface area contributed by atoms with Gasteiger partial charge in [0.25, 0.3) is 0 Å². The van der Waals surface area contributed by atoms with E-state index in [0.717, 1.165) is 30.4 Å². The number of imidazole rings is 1. The summed E-state index contributed by atoms with van der Waals surface area (Å²) in [6.07, 6.45) is 5.56. The number of aromatic nitrogens is 2. The van der Waals surface area contributed by atoms with Crippen molar-refractivity contribution in [2.24, 2.45) is 0 Å². The molecule has 0 amide bonds. The first-order valence-corrected chi connectivity index (χ1v) is 7.74. The summed E-state index contributed by atoms with van der Waals surface area (Å²) in [5.41, 5.74) is 1.11. The van der Waals surface area contributed by atoms with E-state index < -0.39 is 5.97 Å². The molecule has 0 unspecified atom stereocenters. The van der Waals surface area contributed by atoms with Gasteiger partial charge in [0, 0.05) is 18.4 Å². The van der Waals surface area contributed by atoms with Gasteiger partial charge in [-0.25, -0.2) is 4.98 Å². The van der Waals surface area contributed by atoms with E-state index in [9.17, 15) is 4.79 Å². The minimum absolute atomic E-state index is 0.0720. The Bertz CT molecular complexity index is 428. The second kappa shape index (κ2) is 6.96. The van der Waals surface area contributed by atoms with Gasteiger partial charge < -0.3 is 14.6 Å². The zero-order chi connectivity index (χ0) is 13.7. The third-order valence-corrected chi connectivity index (χ3v) is 4.37. The van der Waals surface area contributed by atoms with Gasteiger partial charge in [-0.15, -0.1) is 0 Å². The molecule has 0 atom stereocenters. The van der Waals surface area contributed by atoms with Crippen LogP contribution in [0.2, 0.25) is 0 Å². The maximum absolute atomic E-state index is 10.6. The van der Waals surface area contributed by atoms with Gasteiger partial charge in [-0.2, -0.15) is 0 Å². The van der Waals surface area contributed by atoms with Crippen LogP contribution in [0.5, 0.6) is 0 Å². The number of nitrogens with zero attached hydrogens (tertiary/aromatic N) is 3. The number of carboxylic acids is 1. The predicted octanol–water partition coefficient (Wildman–Crippen LogP) is 1.85. The highest BCUT2D eigenvalue weighted by molar-refractivity contribution is 7.99. The molecule has 1 N–H and O–H groups in total. The number of aliphatic carboxylic acids is 1. The number of rotatable bonds is 7. The molecule has 106 valence electrons. The lowest BCUT2D eigenvalue weighted by atomic mass is 10.3. The van der Waals surface area contributed by atoms with E-state index in [1.807, 2.05) is 13.1 Å². The lowest BCUT2D eigenvalue weighted by Crippen LogP contribution is -2.21. The highest BCUT2D eigenvalue weighted by Gasteiger charge is 2.12. The zero-order valence-corrected chi connectivity index (χ0v) is 12.2. The normalized spacial score (nSPS) is 16.1. The van der Waals surface area contributed by atoms with Gasteiger partial charge >= 0.3 is 5.97 Å². The van der Waals surface area contributed by atoms with Crippen molar-refractivity contribution >= 4 is 17.7 Å². The first kappa shape index (κ1) is 14.4. The van der Waals surface area contributed by atoms with Crippen LogP contribution in [0.3, 0.4) is 0 Å². The molecule has 1 aromatic heterocycles. The zero-order valence-electron chi connectivity index (χ0n) is 11.3. The van der Waals surface area contributed by atoms with Crippen molar-refractivity contribution < 1.29 is 9.90 Å². The molecular weight excluding hydrogens is 262 g/mol. The fraction of sp³-hybridized carbons (Fsp3) is 0.692. The van der Waals surface area contributed by atoms with Gasteiger partial charge in [-0.3, -0.25) is 4.79 Å². The van der Waals surface area contributed by atoms with Gasteiger partial charge in [0.15, 0.2) is 5.16 Å². The molecule has 1 aromatic rings. The van der Waals surface area contributed by atoms with Crippen molar-refractivity contribution in [1.29, 1.82) is 0 Å². The number of hydrogen-bond donors (Lipinski definition) is 1. The molecule has 0 bridgehead atoms. The van der Waals surface area contributed by atoms with Crippen LogP contribution in [0.25, 0.3) is 0 Å². The Hall–Kier alpha value is -1.01. The van der Waals surface area contributed by atoms with Crippen LogP contribution in [0.1, 0.15) is 25.0 Å². The fourth-order valence-corrected chi connectivity index (χ4v) is 3.18. The smallest absolute Gasteiger partial charge is 0.313 e. The molecule has 0 aliphatic carbocycles. The van der Waals surface area contributed by atoms with Gasteiger partial charge in [0.05, 0.1) is 5.75 Å². The van der Waals surface area contributed by atoms with Crippen molar-refractivity contribution in [3.63, 3.8) is 0 Å². The van der Waals surface area contributed by atoms with E-state index in [4.69, 9.17) is 5.11 Å².